The predicted octanol–water partition coefficient (Wildman–Crippen LogP) is 3.46. The van der Waals surface area contributed by atoms with Crippen molar-refractivity contribution in [1.82, 2.24) is 9.55 Å². The van der Waals surface area contributed by atoms with Crippen LogP contribution in [0.4, 0.5) is 0 Å². The van der Waals surface area contributed by atoms with E-state index in [4.69, 9.17) is 9.68 Å². The van der Waals surface area contributed by atoms with Crippen LogP contribution in [0.5, 0.6) is 5.75 Å². The van der Waals surface area contributed by atoms with Gasteiger partial charge >= 0.3 is 7.69 Å². The molecule has 2 aromatic carbocycles. The second-order valence-electron chi connectivity index (χ2n) is 7.01. The molecule has 0 spiro atoms. The van der Waals surface area contributed by atoms with Gasteiger partial charge in [-0.1, -0.05) is 32.0 Å². The molecule has 5 rings (SSSR count). The lowest BCUT2D eigenvalue weighted by Gasteiger charge is -2.34. The van der Waals surface area contributed by atoms with Gasteiger partial charge in [-0.25, -0.2) is 0 Å². The summed E-state index contributed by atoms with van der Waals surface area (Å²) in [6.07, 6.45) is 3.83. The first-order valence-electron chi connectivity index (χ1n) is 8.39. The maximum atomic E-state index is 9.07. The summed E-state index contributed by atoms with van der Waals surface area (Å²) in [5, 5.41) is 11.4. The molecule has 1 aliphatic heterocycles. The first kappa shape index (κ1) is 14.5. The maximum absolute atomic E-state index is 9.07. The first-order valence-corrected chi connectivity index (χ1v) is 8.39. The molecule has 0 amide bonds. The summed E-state index contributed by atoms with van der Waals surface area (Å²) < 4.78 is 7.62. The van der Waals surface area contributed by atoms with E-state index in [0.717, 1.165) is 10.9 Å². The molecule has 3 heterocycles. The van der Waals surface area contributed by atoms with Gasteiger partial charge < -0.3 is 14.2 Å². The van der Waals surface area contributed by atoms with E-state index < -0.39 is 0 Å². The molecule has 0 bridgehead atoms. The number of hydrogen-bond donors (Lipinski definition) is 1. The SMILES string of the molecule is CC1(C)c2cnccc2-n2c3ccc(OBO)cc3c3cccc1c32. The van der Waals surface area contributed by atoms with Gasteiger partial charge in [0.15, 0.2) is 0 Å². The summed E-state index contributed by atoms with van der Waals surface area (Å²) in [6, 6.07) is 14.5. The molecule has 1 aliphatic rings. The molecule has 122 valence electrons. The van der Waals surface area contributed by atoms with Crippen molar-refractivity contribution < 1.29 is 9.68 Å². The summed E-state index contributed by atoms with van der Waals surface area (Å²) in [5.74, 6) is 0.674. The van der Waals surface area contributed by atoms with E-state index in [-0.39, 0.29) is 13.1 Å². The molecule has 5 heteroatoms. The van der Waals surface area contributed by atoms with E-state index in [9.17, 15) is 0 Å². The summed E-state index contributed by atoms with van der Waals surface area (Å²) in [7, 11) is -0.322. The van der Waals surface area contributed by atoms with E-state index in [1.807, 2.05) is 24.5 Å². The van der Waals surface area contributed by atoms with E-state index in [2.05, 4.69) is 53.7 Å². The topological polar surface area (TPSA) is 47.3 Å². The molecular weight excluding hydrogens is 311 g/mol. The van der Waals surface area contributed by atoms with Crippen LogP contribution in [-0.4, -0.2) is 22.3 Å². The molecule has 0 fully saturated rings. The number of aromatic nitrogens is 2. The lowest BCUT2D eigenvalue weighted by molar-refractivity contribution is 0.454. The van der Waals surface area contributed by atoms with Crippen LogP contribution in [-0.2, 0) is 5.41 Å². The quantitative estimate of drug-likeness (QED) is 0.573. The van der Waals surface area contributed by atoms with Crippen molar-refractivity contribution in [3.8, 4) is 11.4 Å². The highest BCUT2D eigenvalue weighted by molar-refractivity contribution is 6.18. The van der Waals surface area contributed by atoms with E-state index >= 15 is 0 Å². The lowest BCUT2D eigenvalue weighted by atomic mass is 9.75. The Morgan fingerprint density at radius 2 is 1.96 bits per heavy atom. The molecule has 2 aromatic heterocycles. The molecule has 0 saturated carbocycles. The molecule has 4 aromatic rings. The largest absolute Gasteiger partial charge is 0.539 e. The number of hydrogen-bond acceptors (Lipinski definition) is 3. The van der Waals surface area contributed by atoms with E-state index in [1.165, 1.54) is 27.7 Å². The minimum absolute atomic E-state index is 0.113. The van der Waals surface area contributed by atoms with Gasteiger partial charge in [0.2, 0.25) is 0 Å². The Balaban J connectivity index is 2.00. The molecule has 0 unspecified atom stereocenters. The van der Waals surface area contributed by atoms with Crippen molar-refractivity contribution in [3.63, 3.8) is 0 Å². The molecule has 0 radical (unpaired) electrons. The minimum atomic E-state index is -0.322. The van der Waals surface area contributed by atoms with E-state index in [1.54, 1.807) is 0 Å². The van der Waals surface area contributed by atoms with Crippen LogP contribution in [0.25, 0.3) is 27.5 Å². The standard InChI is InChI=1S/C20H17BN2O2/c1-20(2)15-5-3-4-13-14-10-12(25-21-24)6-7-17(14)23(19(13)15)18-8-9-22-11-16(18)20/h3-11,21,24H,1-2H3. The van der Waals surface area contributed by atoms with Crippen molar-refractivity contribution in [2.45, 2.75) is 19.3 Å². The first-order chi connectivity index (χ1) is 12.1. The van der Waals surface area contributed by atoms with Crippen molar-refractivity contribution in [1.29, 1.82) is 0 Å². The van der Waals surface area contributed by atoms with Crippen LogP contribution >= 0.6 is 0 Å². The molecular formula is C20H17BN2O2. The Morgan fingerprint density at radius 1 is 1.08 bits per heavy atom. The summed E-state index contributed by atoms with van der Waals surface area (Å²) in [4.78, 5) is 4.37. The Morgan fingerprint density at radius 3 is 2.80 bits per heavy atom. The van der Waals surface area contributed by atoms with Crippen LogP contribution in [0.1, 0.15) is 25.0 Å². The fourth-order valence-corrected chi connectivity index (χ4v) is 4.18. The van der Waals surface area contributed by atoms with Gasteiger partial charge in [-0.3, -0.25) is 4.98 Å². The van der Waals surface area contributed by atoms with Gasteiger partial charge in [0.1, 0.15) is 5.75 Å². The van der Waals surface area contributed by atoms with Crippen molar-refractivity contribution in [2.24, 2.45) is 0 Å². The highest BCUT2D eigenvalue weighted by Crippen LogP contribution is 2.47. The second-order valence-corrected chi connectivity index (χ2v) is 7.01. The highest BCUT2D eigenvalue weighted by atomic mass is 16.5. The van der Waals surface area contributed by atoms with Gasteiger partial charge in [-0.15, -0.1) is 0 Å². The summed E-state index contributed by atoms with van der Waals surface area (Å²) >= 11 is 0. The third-order valence-corrected chi connectivity index (χ3v) is 5.38. The van der Waals surface area contributed by atoms with Gasteiger partial charge in [0.25, 0.3) is 0 Å². The number of benzene rings is 2. The van der Waals surface area contributed by atoms with Crippen molar-refractivity contribution in [2.75, 3.05) is 0 Å². The second kappa shape index (κ2) is 4.86. The van der Waals surface area contributed by atoms with Gasteiger partial charge in [-0.05, 0) is 29.8 Å². The Bertz CT molecular complexity index is 1150. The molecule has 0 atom stereocenters. The normalized spacial score (nSPS) is 14.5. The maximum Gasteiger partial charge on any atom is 0.504 e. The summed E-state index contributed by atoms with van der Waals surface area (Å²) in [6.45, 7) is 4.51. The third kappa shape index (κ3) is 1.79. The number of fused-ring (bicyclic) bond motifs is 5. The van der Waals surface area contributed by atoms with E-state index in [0.29, 0.717) is 5.75 Å². The third-order valence-electron chi connectivity index (χ3n) is 5.38. The molecule has 1 N–H and O–H groups in total. The van der Waals surface area contributed by atoms with Gasteiger partial charge in [0, 0.05) is 34.1 Å². The number of rotatable bonds is 2. The van der Waals surface area contributed by atoms with Gasteiger partial charge in [0.05, 0.1) is 16.7 Å². The smallest absolute Gasteiger partial charge is 0.504 e. The van der Waals surface area contributed by atoms with Crippen LogP contribution < -0.4 is 4.65 Å². The van der Waals surface area contributed by atoms with Crippen molar-refractivity contribution in [3.05, 3.63) is 66.0 Å². The Labute approximate surface area is 146 Å². The average molecular weight is 328 g/mol. The number of nitrogens with zero attached hydrogens (tertiary/aromatic N) is 2. The predicted molar refractivity (Wildman–Crippen MR) is 101 cm³/mol. The zero-order valence-corrected chi connectivity index (χ0v) is 14.2. The Hall–Kier alpha value is -2.79. The highest BCUT2D eigenvalue weighted by Gasteiger charge is 2.35. The molecule has 25 heavy (non-hydrogen) atoms. The van der Waals surface area contributed by atoms with Crippen LogP contribution in [0, 0.1) is 0 Å². The zero-order chi connectivity index (χ0) is 17.2. The van der Waals surface area contributed by atoms with Crippen LogP contribution in [0.15, 0.2) is 54.9 Å². The summed E-state index contributed by atoms with van der Waals surface area (Å²) in [5.41, 5.74) is 5.96. The van der Waals surface area contributed by atoms with Crippen LogP contribution in [0.2, 0.25) is 0 Å². The minimum Gasteiger partial charge on any atom is -0.539 e. The van der Waals surface area contributed by atoms with Crippen molar-refractivity contribution >= 4 is 29.5 Å². The number of pyridine rings is 1. The van der Waals surface area contributed by atoms with Crippen LogP contribution in [0.3, 0.4) is 0 Å². The lowest BCUT2D eigenvalue weighted by Crippen LogP contribution is -2.26. The molecule has 0 aliphatic carbocycles. The fraction of sp³-hybridized carbons (Fsp3) is 0.150. The molecule has 0 saturated heterocycles. The zero-order valence-electron chi connectivity index (χ0n) is 14.2. The monoisotopic (exact) mass is 328 g/mol. The Kier molecular flexibility index (Phi) is 2.83. The number of para-hydroxylation sites is 1. The average Bonchev–Trinajstić information content (AvgIpc) is 2.95. The fourth-order valence-electron chi connectivity index (χ4n) is 4.18. The molecule has 4 nitrogen and oxygen atoms in total. The van der Waals surface area contributed by atoms with Gasteiger partial charge in [-0.2, -0.15) is 0 Å².